The number of allylic oxidation sites excluding steroid dienone is 3. The largest absolute Gasteiger partial charge is 0.305 e. The molecule has 0 aromatic carbocycles. The molecule has 1 fully saturated rings. The Labute approximate surface area is 120 Å². The minimum Gasteiger partial charge on any atom is -0.305 e. The Kier molecular flexibility index (Phi) is 6.09. The Morgan fingerprint density at radius 1 is 1.50 bits per heavy atom. The minimum absolute atomic E-state index is 0.693. The van der Waals surface area contributed by atoms with Crippen molar-refractivity contribution in [3.63, 3.8) is 0 Å². The topological polar surface area (TPSA) is 99.0 Å². The average Bonchev–Trinajstić information content (AvgIpc) is 3.09. The summed E-state index contributed by atoms with van der Waals surface area (Å²) < 4.78 is 0. The lowest BCUT2D eigenvalue weighted by Crippen LogP contribution is -2.12. The summed E-state index contributed by atoms with van der Waals surface area (Å²) in [4.78, 5) is 0. The molecule has 0 aromatic rings. The highest BCUT2D eigenvalue weighted by atomic mass is 15.3. The van der Waals surface area contributed by atoms with Crippen LogP contribution in [0.5, 0.6) is 0 Å². The molecule has 0 spiro atoms. The molecule has 1 aliphatic carbocycles. The molecule has 3 unspecified atom stereocenters. The monoisotopic (exact) mass is 276 g/mol. The maximum atomic E-state index is 6.14. The molecule has 0 amide bonds. The van der Waals surface area contributed by atoms with E-state index in [9.17, 15) is 0 Å². The SMILES string of the molecule is C=CCC1C2C/C(C)=C(\C)N/N=C(\C)C12.N=CN=NN. The fraction of sp³-hybridized carbons (Fsp3) is 0.571. The number of hydrazone groups is 1. The lowest BCUT2D eigenvalue weighted by atomic mass is 10.1. The zero-order valence-electron chi connectivity index (χ0n) is 12.4. The molecule has 1 saturated carbocycles. The number of hydrogen-bond donors (Lipinski definition) is 3. The number of nitrogens with two attached hydrogens (primary N) is 1. The van der Waals surface area contributed by atoms with Crippen LogP contribution in [0.4, 0.5) is 0 Å². The molecule has 0 radical (unpaired) electrons. The summed E-state index contributed by atoms with van der Waals surface area (Å²) in [6.07, 6.45) is 5.16. The van der Waals surface area contributed by atoms with Gasteiger partial charge in [0.1, 0.15) is 6.34 Å². The maximum Gasteiger partial charge on any atom is 0.131 e. The fourth-order valence-electron chi connectivity index (χ4n) is 2.74. The quantitative estimate of drug-likeness (QED) is 0.184. The lowest BCUT2D eigenvalue weighted by molar-refractivity contribution is 0.685. The molecule has 2 rings (SSSR count). The molecule has 4 N–H and O–H groups in total. The van der Waals surface area contributed by atoms with Gasteiger partial charge in [-0.1, -0.05) is 16.9 Å². The number of nitrogens with zero attached hydrogens (tertiary/aromatic N) is 3. The van der Waals surface area contributed by atoms with Gasteiger partial charge in [-0.15, -0.1) is 11.7 Å². The van der Waals surface area contributed by atoms with Gasteiger partial charge in [0, 0.05) is 17.3 Å². The van der Waals surface area contributed by atoms with Gasteiger partial charge in [0.05, 0.1) is 0 Å². The first-order chi connectivity index (χ1) is 9.56. The van der Waals surface area contributed by atoms with E-state index in [2.05, 4.69) is 54.1 Å². The second kappa shape index (κ2) is 7.57. The van der Waals surface area contributed by atoms with Crippen LogP contribution in [-0.2, 0) is 0 Å². The van der Waals surface area contributed by atoms with Crippen molar-refractivity contribution in [2.24, 2.45) is 39.0 Å². The first-order valence-electron chi connectivity index (χ1n) is 6.73. The first-order valence-corrected chi connectivity index (χ1v) is 6.73. The fourth-order valence-corrected chi connectivity index (χ4v) is 2.74. The molecule has 6 heteroatoms. The highest BCUT2D eigenvalue weighted by molar-refractivity contribution is 5.87. The van der Waals surface area contributed by atoms with Crippen molar-refractivity contribution >= 4 is 12.1 Å². The van der Waals surface area contributed by atoms with E-state index in [1.54, 1.807) is 0 Å². The van der Waals surface area contributed by atoms with Crippen LogP contribution in [0.15, 0.2) is 39.4 Å². The van der Waals surface area contributed by atoms with Gasteiger partial charge in [0.25, 0.3) is 0 Å². The van der Waals surface area contributed by atoms with Crippen LogP contribution in [0.3, 0.4) is 0 Å². The summed E-state index contributed by atoms with van der Waals surface area (Å²) in [5, 5.41) is 16.2. The van der Waals surface area contributed by atoms with Crippen LogP contribution >= 0.6 is 0 Å². The van der Waals surface area contributed by atoms with E-state index in [4.69, 9.17) is 5.41 Å². The van der Waals surface area contributed by atoms with Crippen molar-refractivity contribution in [3.05, 3.63) is 23.9 Å². The van der Waals surface area contributed by atoms with E-state index in [0.717, 1.165) is 24.6 Å². The Balaban J connectivity index is 0.000000347. The molecule has 20 heavy (non-hydrogen) atoms. The molecule has 1 aliphatic heterocycles. The number of rotatable bonds is 3. The predicted molar refractivity (Wildman–Crippen MR) is 82.3 cm³/mol. The van der Waals surface area contributed by atoms with Crippen molar-refractivity contribution in [1.29, 1.82) is 5.41 Å². The zero-order valence-corrected chi connectivity index (χ0v) is 12.4. The standard InChI is InChI=1S/C13H20N2.CH4N4/c1-5-6-11-12-7-8(2)9(3)14-15-10(4)13(11)12;2-1-4-5-3/h5,11-14H,1,6-7H2,2-4H3;1H,(H3,2,3,4)/b9-8+,15-10+;. The molecule has 0 saturated heterocycles. The summed E-state index contributed by atoms with van der Waals surface area (Å²) >= 11 is 0. The predicted octanol–water partition coefficient (Wildman–Crippen LogP) is 3.01. The van der Waals surface area contributed by atoms with Gasteiger partial charge in [-0.2, -0.15) is 5.10 Å². The third-order valence-electron chi connectivity index (χ3n) is 3.96. The highest BCUT2D eigenvalue weighted by Gasteiger charge is 2.50. The van der Waals surface area contributed by atoms with Crippen molar-refractivity contribution in [3.8, 4) is 0 Å². The summed E-state index contributed by atoms with van der Waals surface area (Å²) in [7, 11) is 0. The zero-order chi connectivity index (χ0) is 15.1. The van der Waals surface area contributed by atoms with Crippen molar-refractivity contribution in [1.82, 2.24) is 5.43 Å². The molecule has 2 aliphatic rings. The van der Waals surface area contributed by atoms with Gasteiger partial charge in [-0.25, -0.2) is 0 Å². The lowest BCUT2D eigenvalue weighted by Gasteiger charge is -2.11. The van der Waals surface area contributed by atoms with Crippen molar-refractivity contribution < 1.29 is 0 Å². The molecule has 6 nitrogen and oxygen atoms in total. The number of nitrogens with one attached hydrogen (secondary N) is 2. The van der Waals surface area contributed by atoms with E-state index in [1.165, 1.54) is 23.4 Å². The first kappa shape index (κ1) is 16.1. The molecule has 3 atom stereocenters. The van der Waals surface area contributed by atoms with Crippen molar-refractivity contribution in [2.45, 2.75) is 33.6 Å². The second-order valence-electron chi connectivity index (χ2n) is 5.21. The van der Waals surface area contributed by atoms with Crippen LogP contribution in [0.1, 0.15) is 33.6 Å². The summed E-state index contributed by atoms with van der Waals surface area (Å²) in [6, 6.07) is 0. The van der Waals surface area contributed by atoms with Gasteiger partial charge < -0.3 is 5.84 Å². The smallest absolute Gasteiger partial charge is 0.131 e. The Hall–Kier alpha value is -1.98. The van der Waals surface area contributed by atoms with Crippen molar-refractivity contribution in [2.75, 3.05) is 0 Å². The van der Waals surface area contributed by atoms with E-state index < -0.39 is 0 Å². The maximum absolute atomic E-state index is 6.14. The number of fused-ring (bicyclic) bond motifs is 1. The van der Waals surface area contributed by atoms with E-state index in [0.29, 0.717) is 5.92 Å². The second-order valence-corrected chi connectivity index (χ2v) is 5.21. The minimum atomic E-state index is 0.693. The van der Waals surface area contributed by atoms with Crippen LogP contribution in [0, 0.1) is 23.2 Å². The van der Waals surface area contributed by atoms with E-state index >= 15 is 0 Å². The van der Waals surface area contributed by atoms with Gasteiger partial charge in [0.2, 0.25) is 0 Å². The van der Waals surface area contributed by atoms with Gasteiger partial charge >= 0.3 is 0 Å². The molecule has 0 aromatic heterocycles. The highest BCUT2D eigenvalue weighted by Crippen LogP contribution is 2.53. The average molecular weight is 276 g/mol. The Morgan fingerprint density at radius 2 is 2.20 bits per heavy atom. The Morgan fingerprint density at radius 3 is 2.70 bits per heavy atom. The van der Waals surface area contributed by atoms with E-state index in [1.807, 2.05) is 6.08 Å². The van der Waals surface area contributed by atoms with Gasteiger partial charge in [0.15, 0.2) is 0 Å². The van der Waals surface area contributed by atoms with Crippen LogP contribution in [0.25, 0.3) is 0 Å². The van der Waals surface area contributed by atoms with Gasteiger partial charge in [-0.3, -0.25) is 10.8 Å². The summed E-state index contributed by atoms with van der Waals surface area (Å²) in [5.41, 5.74) is 7.08. The van der Waals surface area contributed by atoms with E-state index in [-0.39, 0.29) is 0 Å². The molecular formula is C14H24N6. The molecular weight excluding hydrogens is 252 g/mol. The number of hydrogen-bond acceptors (Lipinski definition) is 4. The third kappa shape index (κ3) is 4.01. The molecule has 0 bridgehead atoms. The molecule has 1 heterocycles. The Bertz CT molecular complexity index is 449. The molecule has 110 valence electrons. The summed E-state index contributed by atoms with van der Waals surface area (Å²) in [6.45, 7) is 10.3. The normalized spacial score (nSPS) is 34.4. The third-order valence-corrected chi connectivity index (χ3v) is 3.96. The summed E-state index contributed by atoms with van der Waals surface area (Å²) in [5.74, 6) is 6.73. The van der Waals surface area contributed by atoms with Gasteiger partial charge in [-0.05, 0) is 45.4 Å². The van der Waals surface area contributed by atoms with Crippen LogP contribution < -0.4 is 11.3 Å². The van der Waals surface area contributed by atoms with Crippen LogP contribution in [-0.4, -0.2) is 12.1 Å². The van der Waals surface area contributed by atoms with Crippen LogP contribution in [0.2, 0.25) is 0 Å².